The number of allylic oxidation sites excluding steroid dienone is 30. The molecule has 0 bridgehead atoms. The largest absolute Gasteiger partial charge is 0.545 e. The smallest absolute Gasteiger partial charge is 0.306 e. The molecule has 83 heavy (non-hydrogen) atoms. The van der Waals surface area contributed by atoms with E-state index in [-0.39, 0.29) is 38.6 Å². The monoisotopic (exact) mass is 1150 g/mol. The summed E-state index contributed by atoms with van der Waals surface area (Å²) >= 11 is 0. The Labute approximate surface area is 507 Å². The number of aliphatic carboxylic acids is 1. The molecule has 0 spiro atoms. The summed E-state index contributed by atoms with van der Waals surface area (Å²) in [4.78, 5) is 37.4. The number of nitrogens with zero attached hydrogens (tertiary/aromatic N) is 1. The summed E-state index contributed by atoms with van der Waals surface area (Å²) in [7, 11) is 5.89. The van der Waals surface area contributed by atoms with Gasteiger partial charge < -0.3 is 33.3 Å². The Morgan fingerprint density at radius 3 is 1.00 bits per heavy atom. The molecule has 9 nitrogen and oxygen atoms in total. The first kappa shape index (κ1) is 77.4. The van der Waals surface area contributed by atoms with Crippen LogP contribution in [0.3, 0.4) is 0 Å². The van der Waals surface area contributed by atoms with Crippen LogP contribution >= 0.6 is 0 Å². The zero-order chi connectivity index (χ0) is 60.5. The van der Waals surface area contributed by atoms with Crippen molar-refractivity contribution in [3.63, 3.8) is 0 Å². The van der Waals surface area contributed by atoms with Gasteiger partial charge in [0.05, 0.1) is 40.3 Å². The molecule has 0 amide bonds. The summed E-state index contributed by atoms with van der Waals surface area (Å²) in [5.41, 5.74) is 0. The van der Waals surface area contributed by atoms with Gasteiger partial charge in [0.1, 0.15) is 13.2 Å². The zero-order valence-corrected chi connectivity index (χ0v) is 52.7. The highest BCUT2D eigenvalue weighted by Gasteiger charge is 2.22. The van der Waals surface area contributed by atoms with Crippen LogP contribution in [0.5, 0.6) is 0 Å². The van der Waals surface area contributed by atoms with Crippen LogP contribution in [0, 0.1) is 0 Å². The number of carbonyl (C=O) groups excluding carboxylic acids is 3. The fourth-order valence-corrected chi connectivity index (χ4v) is 7.83. The average Bonchev–Trinajstić information content (AvgIpc) is 3.46. The van der Waals surface area contributed by atoms with Gasteiger partial charge in [-0.15, -0.1) is 0 Å². The topological polar surface area (TPSA) is 111 Å². The van der Waals surface area contributed by atoms with Crippen LogP contribution in [-0.2, 0) is 33.3 Å². The molecule has 9 heteroatoms. The van der Waals surface area contributed by atoms with Gasteiger partial charge in [-0.3, -0.25) is 9.59 Å². The third-order valence-corrected chi connectivity index (χ3v) is 12.6. The Bertz CT molecular complexity index is 2010. The highest BCUT2D eigenvalue weighted by Crippen LogP contribution is 2.14. The lowest BCUT2D eigenvalue weighted by Gasteiger charge is -2.26. The van der Waals surface area contributed by atoms with Gasteiger partial charge >= 0.3 is 11.9 Å². The number of carbonyl (C=O) groups is 3. The second kappa shape index (κ2) is 62.4. The molecule has 0 radical (unpaired) electrons. The second-order valence-corrected chi connectivity index (χ2v) is 21.6. The van der Waals surface area contributed by atoms with Crippen LogP contribution in [0.25, 0.3) is 0 Å². The van der Waals surface area contributed by atoms with Gasteiger partial charge in [-0.05, 0) is 128 Å². The molecule has 0 aliphatic carbocycles. The molecular weight excluding hydrogens is 1030 g/mol. The van der Waals surface area contributed by atoms with E-state index in [9.17, 15) is 19.5 Å². The summed E-state index contributed by atoms with van der Waals surface area (Å²) in [5, 5.41) is 11.8. The first-order chi connectivity index (χ1) is 40.6. The fraction of sp³-hybridized carbons (Fsp3) is 0.554. The quantitative estimate of drug-likeness (QED) is 0.0195. The number of likely N-dealkylation sites (N-methyl/N-ethyl adjacent to an activating group) is 1. The van der Waals surface area contributed by atoms with E-state index in [0.717, 1.165) is 122 Å². The zero-order valence-electron chi connectivity index (χ0n) is 52.7. The first-order valence-corrected chi connectivity index (χ1v) is 31.9. The SMILES string of the molecule is CC/C=C\C/C=C\C/C=C\C/C=C\C/C=C\C/C=C\C/C=C\C/C=C\C/C=C\CCCC(=O)OC(COC(=O)CCCCCCCCCCCC/C=C\C/C=C\C/C=C\C/C=C\C/C=C\C/C=C\CC)COC(OCC[N+](C)(C)C)C(=O)[O-]. The summed E-state index contributed by atoms with van der Waals surface area (Å²) in [5.74, 6) is -2.39. The number of ether oxygens (including phenoxy) is 4. The highest BCUT2D eigenvalue weighted by atomic mass is 16.7. The summed E-state index contributed by atoms with van der Waals surface area (Å²) in [6.07, 6.45) is 92.4. The molecular formula is C74H115NO8. The number of quaternary nitrogens is 1. The number of carboxylic acid groups (broad SMARTS) is 1. The maximum absolute atomic E-state index is 12.9. The van der Waals surface area contributed by atoms with Crippen LogP contribution < -0.4 is 5.11 Å². The maximum Gasteiger partial charge on any atom is 0.306 e. The first-order valence-electron chi connectivity index (χ1n) is 31.9. The molecule has 0 N–H and O–H groups in total. The molecule has 0 aromatic carbocycles. The summed E-state index contributed by atoms with van der Waals surface area (Å²) in [6.45, 7) is 4.42. The number of hydrogen-bond donors (Lipinski definition) is 0. The number of carboxylic acids is 1. The van der Waals surface area contributed by atoms with Crippen molar-refractivity contribution in [2.24, 2.45) is 0 Å². The van der Waals surface area contributed by atoms with E-state index < -0.39 is 24.3 Å². The van der Waals surface area contributed by atoms with Gasteiger partial charge in [0.25, 0.3) is 0 Å². The molecule has 464 valence electrons. The second-order valence-electron chi connectivity index (χ2n) is 21.6. The molecule has 0 saturated heterocycles. The van der Waals surface area contributed by atoms with Gasteiger partial charge in [-0.25, -0.2) is 0 Å². The molecule has 0 saturated carbocycles. The van der Waals surface area contributed by atoms with Gasteiger partial charge in [-0.2, -0.15) is 0 Å². The van der Waals surface area contributed by atoms with Crippen molar-refractivity contribution in [1.82, 2.24) is 0 Å². The molecule has 2 unspecified atom stereocenters. The van der Waals surface area contributed by atoms with Crippen molar-refractivity contribution in [3.05, 3.63) is 182 Å². The highest BCUT2D eigenvalue weighted by molar-refractivity contribution is 5.70. The Kier molecular flexibility index (Phi) is 58.2. The van der Waals surface area contributed by atoms with E-state index in [2.05, 4.69) is 190 Å². The van der Waals surface area contributed by atoms with Crippen molar-refractivity contribution in [1.29, 1.82) is 0 Å². The standard InChI is InChI=1S/C74H115NO8/c1-6-8-10-12-14-16-18-20-22-24-26-28-30-32-34-36-38-40-42-44-46-48-50-52-54-56-58-60-62-64-71(76)81-68-70(69-82-74(73(78)79)80-67-66-75(3,4)5)83-72(77)65-63-61-59-57-55-53-51-49-47-45-43-41-39-37-35-33-31-29-27-25-23-21-19-17-15-13-11-9-7-2/h8-11,14-17,20-23,26-29,32-35,38-41,45,47,51,53,57,59,70,74H,6-7,12-13,18-19,24-25,30-31,36-37,42-44,46,48-50,52,54-56,58,60-69H2,1-5H3/b10-8-,11-9-,16-14-,17-15-,22-20-,23-21-,28-26-,29-27-,34-32-,35-33-,40-38-,41-39-,47-45-,53-51-,59-57-. The van der Waals surface area contributed by atoms with Crippen molar-refractivity contribution in [2.45, 2.75) is 219 Å². The minimum Gasteiger partial charge on any atom is -0.545 e. The number of unbranched alkanes of at least 4 members (excludes halogenated alkanes) is 11. The molecule has 0 aliphatic heterocycles. The van der Waals surface area contributed by atoms with E-state index in [1.807, 2.05) is 27.2 Å². The fourth-order valence-electron chi connectivity index (χ4n) is 7.83. The Morgan fingerprint density at radius 1 is 0.361 bits per heavy atom. The predicted molar refractivity (Wildman–Crippen MR) is 351 cm³/mol. The molecule has 0 heterocycles. The van der Waals surface area contributed by atoms with Gasteiger partial charge in [-0.1, -0.05) is 247 Å². The van der Waals surface area contributed by atoms with E-state index >= 15 is 0 Å². The van der Waals surface area contributed by atoms with Gasteiger partial charge in [0, 0.05) is 12.8 Å². The average molecular weight is 1150 g/mol. The van der Waals surface area contributed by atoms with Crippen LogP contribution in [0.2, 0.25) is 0 Å². The van der Waals surface area contributed by atoms with E-state index in [1.54, 1.807) is 0 Å². The van der Waals surface area contributed by atoms with Crippen molar-refractivity contribution < 1.29 is 42.9 Å². The third kappa shape index (κ3) is 63.8. The van der Waals surface area contributed by atoms with Gasteiger partial charge in [0.15, 0.2) is 12.4 Å². The van der Waals surface area contributed by atoms with Crippen LogP contribution in [0.15, 0.2) is 182 Å². The lowest BCUT2D eigenvalue weighted by Crippen LogP contribution is -2.44. The molecule has 2 atom stereocenters. The maximum atomic E-state index is 12.9. The minimum atomic E-state index is -1.65. The molecule has 0 rings (SSSR count). The number of esters is 2. The number of hydrogen-bond acceptors (Lipinski definition) is 8. The van der Waals surface area contributed by atoms with Crippen LogP contribution in [-0.4, -0.2) is 82.3 Å². The van der Waals surface area contributed by atoms with E-state index in [4.69, 9.17) is 18.9 Å². The van der Waals surface area contributed by atoms with Crippen molar-refractivity contribution in [3.8, 4) is 0 Å². The Morgan fingerprint density at radius 2 is 0.663 bits per heavy atom. The Balaban J connectivity index is 4.36. The van der Waals surface area contributed by atoms with Crippen molar-refractivity contribution in [2.75, 3.05) is 47.5 Å². The lowest BCUT2D eigenvalue weighted by molar-refractivity contribution is -0.870. The predicted octanol–water partition coefficient (Wildman–Crippen LogP) is 18.3. The van der Waals surface area contributed by atoms with E-state index in [1.165, 1.54) is 38.5 Å². The Hall–Kier alpha value is -5.61. The lowest BCUT2D eigenvalue weighted by atomic mass is 10.1. The number of rotatable bonds is 56. The molecule has 0 aromatic rings. The van der Waals surface area contributed by atoms with E-state index in [0.29, 0.717) is 30.3 Å². The normalized spacial score (nSPS) is 14.0. The molecule has 0 aliphatic rings. The third-order valence-electron chi connectivity index (χ3n) is 12.6. The summed E-state index contributed by atoms with van der Waals surface area (Å²) < 4.78 is 22.7. The summed E-state index contributed by atoms with van der Waals surface area (Å²) in [6, 6.07) is 0. The molecule has 0 fully saturated rings. The van der Waals surface area contributed by atoms with Crippen molar-refractivity contribution >= 4 is 17.9 Å². The molecule has 0 aromatic heterocycles. The van der Waals surface area contributed by atoms with Crippen LogP contribution in [0.4, 0.5) is 0 Å². The minimum absolute atomic E-state index is 0.125. The van der Waals surface area contributed by atoms with Gasteiger partial charge in [0.2, 0.25) is 0 Å². The van der Waals surface area contributed by atoms with Crippen LogP contribution in [0.1, 0.15) is 206 Å².